The van der Waals surface area contributed by atoms with Gasteiger partial charge in [-0.1, -0.05) is 0 Å². The molecule has 0 aromatic heterocycles. The van der Waals surface area contributed by atoms with Gasteiger partial charge in [-0.15, -0.1) is 0 Å². The van der Waals surface area contributed by atoms with Crippen LogP contribution in [0.5, 0.6) is 0 Å². The number of anilines is 2. The van der Waals surface area contributed by atoms with Crippen LogP contribution in [0.25, 0.3) is 0 Å². The zero-order valence-electron chi connectivity index (χ0n) is 24.3. The normalized spacial score (nSPS) is 13.9. The standard InChI is InChI=1S/C28H48B2N4.Ti/c1-19(2)23-15-13-16-24(20(3)4)27(23)31-29(33(9)10)30(34(11)12)32-28-25(21(5)6)17-14-18-26(28)22(7)8;/h13-22,31-32H,1-12H3;/q;-1. The van der Waals surface area contributed by atoms with Gasteiger partial charge in [0.05, 0.1) is 0 Å². The average Bonchev–Trinajstić information content (AvgIpc) is 2.76. The van der Waals surface area contributed by atoms with E-state index in [1.165, 1.54) is 33.6 Å². The fraction of sp³-hybridized carbons (Fsp3) is 0.571. The second-order valence-electron chi connectivity index (χ2n) is 11.8. The minimum atomic E-state index is -1.26. The van der Waals surface area contributed by atoms with Crippen molar-refractivity contribution in [2.45, 2.75) is 79.1 Å². The van der Waals surface area contributed by atoms with Crippen LogP contribution in [0, 0.1) is 0 Å². The molecule has 0 aliphatic heterocycles. The Bertz CT molecular complexity index is 923. The number of nitrogens with one attached hydrogen (secondary N) is 2. The molecule has 7 heteroatoms. The summed E-state index contributed by atoms with van der Waals surface area (Å²) in [5, 5.41) is 8.21. The molecular formula is C28H48B2N4Ti-. The molecular weight excluding hydrogens is 462 g/mol. The Morgan fingerprint density at radius 1 is 0.657 bits per heavy atom. The van der Waals surface area contributed by atoms with Crippen LogP contribution in [-0.2, 0) is 20.2 Å². The van der Waals surface area contributed by atoms with E-state index in [4.69, 9.17) is 0 Å². The van der Waals surface area contributed by atoms with E-state index in [1.807, 2.05) is 0 Å². The number of benzene rings is 2. The molecule has 2 rings (SSSR count). The van der Waals surface area contributed by atoms with Crippen LogP contribution in [0.3, 0.4) is 0 Å². The van der Waals surface area contributed by atoms with Crippen molar-refractivity contribution in [2.24, 2.45) is 0 Å². The molecule has 35 heavy (non-hydrogen) atoms. The van der Waals surface area contributed by atoms with Gasteiger partial charge in [0.25, 0.3) is 0 Å². The Kier molecular flexibility index (Phi) is 10.6. The topological polar surface area (TPSA) is 30.5 Å². The molecule has 0 radical (unpaired) electrons. The molecule has 0 spiro atoms. The van der Waals surface area contributed by atoms with E-state index in [1.54, 1.807) is 0 Å². The maximum atomic E-state index is 4.14. The number of hydrogen-bond donors (Lipinski definition) is 2. The monoisotopic (exact) mass is 510 g/mol. The summed E-state index contributed by atoms with van der Waals surface area (Å²) < 4.78 is -1.26. The molecule has 0 saturated heterocycles. The minimum absolute atomic E-state index is 0.0719. The van der Waals surface area contributed by atoms with Crippen molar-refractivity contribution in [2.75, 3.05) is 38.6 Å². The van der Waals surface area contributed by atoms with Crippen LogP contribution in [0.1, 0.15) is 101 Å². The van der Waals surface area contributed by atoms with Gasteiger partial charge < -0.3 is 0 Å². The van der Waals surface area contributed by atoms with Gasteiger partial charge in [0, 0.05) is 0 Å². The molecule has 2 aromatic carbocycles. The van der Waals surface area contributed by atoms with Crippen LogP contribution in [0.15, 0.2) is 36.4 Å². The Labute approximate surface area is 228 Å². The number of hydrogen-bond acceptors (Lipinski definition) is 4. The van der Waals surface area contributed by atoms with Gasteiger partial charge in [-0.2, -0.15) is 0 Å². The summed E-state index contributed by atoms with van der Waals surface area (Å²) in [6.45, 7) is 18.4. The summed E-state index contributed by atoms with van der Waals surface area (Å²) in [4.78, 5) is 4.72. The molecule has 1 atom stereocenters. The van der Waals surface area contributed by atoms with Gasteiger partial charge in [-0.25, -0.2) is 0 Å². The van der Waals surface area contributed by atoms with E-state index in [9.17, 15) is 0 Å². The van der Waals surface area contributed by atoms with Gasteiger partial charge in [-0.3, -0.25) is 0 Å². The maximum absolute atomic E-state index is 4.14. The molecule has 1 unspecified atom stereocenters. The molecule has 0 amide bonds. The first-order chi connectivity index (χ1) is 16.2. The molecule has 0 saturated carbocycles. The molecule has 2 aromatic rings. The molecule has 4 nitrogen and oxygen atoms in total. The number of rotatable bonds is 11. The summed E-state index contributed by atoms with van der Waals surface area (Å²) in [5.74, 6) is 1.77. The summed E-state index contributed by atoms with van der Waals surface area (Å²) in [5.41, 5.74) is 8.11. The van der Waals surface area contributed by atoms with E-state index in [-0.39, 0.29) is 6.87 Å². The number of para-hydroxylation sites is 2. The molecule has 2 N–H and O–H groups in total. The van der Waals surface area contributed by atoms with Gasteiger partial charge in [0.15, 0.2) is 0 Å². The van der Waals surface area contributed by atoms with Crippen LogP contribution >= 0.6 is 0 Å². The van der Waals surface area contributed by atoms with Gasteiger partial charge in [-0.05, 0) is 0 Å². The predicted octanol–water partition coefficient (Wildman–Crippen LogP) is 6.88. The van der Waals surface area contributed by atoms with E-state index >= 15 is 0 Å². The van der Waals surface area contributed by atoms with Gasteiger partial charge in [0.1, 0.15) is 0 Å². The predicted molar refractivity (Wildman–Crippen MR) is 155 cm³/mol. The molecule has 0 aliphatic carbocycles. The molecule has 0 bridgehead atoms. The fourth-order valence-corrected chi connectivity index (χ4v) is 5.80. The average molecular weight is 510 g/mol. The third-order valence-corrected chi connectivity index (χ3v) is 8.76. The van der Waals surface area contributed by atoms with Gasteiger partial charge >= 0.3 is 229 Å². The van der Waals surface area contributed by atoms with Crippen LogP contribution < -0.4 is 10.5 Å². The zero-order valence-corrected chi connectivity index (χ0v) is 25.9. The van der Waals surface area contributed by atoms with Crippen molar-refractivity contribution in [1.82, 2.24) is 9.62 Å². The van der Waals surface area contributed by atoms with Crippen molar-refractivity contribution in [3.8, 4) is 0 Å². The summed E-state index contributed by atoms with van der Waals surface area (Å²) in [6.07, 6.45) is 0. The van der Waals surface area contributed by atoms with Crippen molar-refractivity contribution >= 4 is 22.7 Å². The van der Waals surface area contributed by atoms with Crippen LogP contribution in [0.2, 0.25) is 0 Å². The fourth-order valence-electron chi connectivity index (χ4n) is 4.97. The third-order valence-electron chi connectivity index (χ3n) is 7.23. The molecule has 0 fully saturated rings. The first-order valence-corrected chi connectivity index (χ1v) is 14.2. The summed E-state index contributed by atoms with van der Waals surface area (Å²) in [6, 6.07) is 13.6. The second-order valence-corrected chi connectivity index (χ2v) is 13.2. The third kappa shape index (κ3) is 6.77. The van der Waals surface area contributed by atoms with Gasteiger partial charge in [0.2, 0.25) is 0 Å². The second kappa shape index (κ2) is 12.4. The summed E-state index contributed by atoms with van der Waals surface area (Å²) in [7, 11) is 8.78. The van der Waals surface area contributed by atoms with E-state index < -0.39 is 4.48 Å². The first-order valence-electron chi connectivity index (χ1n) is 13.3. The van der Waals surface area contributed by atoms with Crippen LogP contribution in [0.4, 0.5) is 11.4 Å². The molecule has 191 valence electrons. The van der Waals surface area contributed by atoms with Crippen molar-refractivity contribution in [3.63, 3.8) is 0 Å². The SMILES string of the molecule is CC(C)c1cccc(C(C)C)c1NB(N(C)C)[B-]([Ti])(Nc1c(C(C)C)cccc1C(C)C)N(C)C. The zero-order chi connectivity index (χ0) is 26.7. The van der Waals surface area contributed by atoms with E-state index in [0.717, 1.165) is 0 Å². The van der Waals surface area contributed by atoms with Crippen molar-refractivity contribution < 1.29 is 20.2 Å². The van der Waals surface area contributed by atoms with E-state index in [0.29, 0.717) is 23.7 Å². The Morgan fingerprint density at radius 3 is 1.29 bits per heavy atom. The van der Waals surface area contributed by atoms with Crippen molar-refractivity contribution in [3.05, 3.63) is 58.7 Å². The summed E-state index contributed by atoms with van der Waals surface area (Å²) >= 11 is 2.38. The van der Waals surface area contributed by atoms with E-state index in [2.05, 4.69) is 160 Å². The Morgan fingerprint density at radius 2 is 1.00 bits per heavy atom. The Balaban J connectivity index is 2.70. The van der Waals surface area contributed by atoms with Crippen molar-refractivity contribution in [1.29, 1.82) is 0 Å². The van der Waals surface area contributed by atoms with Crippen LogP contribution in [-0.4, -0.2) is 49.2 Å². The Hall–Kier alpha value is -1.20. The number of nitrogens with zero attached hydrogens (tertiary/aromatic N) is 2. The molecule has 0 aliphatic rings. The quantitative estimate of drug-likeness (QED) is 0.323. The molecule has 0 heterocycles. The first kappa shape index (κ1) is 30.0.